The van der Waals surface area contributed by atoms with Gasteiger partial charge in [0.2, 0.25) is 5.91 Å². The summed E-state index contributed by atoms with van der Waals surface area (Å²) in [6.07, 6.45) is 1.56. The van der Waals surface area contributed by atoms with Gasteiger partial charge in [0.25, 0.3) is 5.69 Å². The molecule has 1 amide bonds. The van der Waals surface area contributed by atoms with E-state index >= 15 is 0 Å². The summed E-state index contributed by atoms with van der Waals surface area (Å²) in [6, 6.07) is 7.91. The number of non-ortho nitro benzene ring substituents is 1. The Morgan fingerprint density at radius 3 is 2.91 bits per heavy atom. The van der Waals surface area contributed by atoms with E-state index in [-0.39, 0.29) is 36.2 Å². The largest absolute Gasteiger partial charge is 0.494 e. The monoisotopic (exact) mass is 455 g/mol. The molecular formula is C23H25N3O7. The molecule has 0 bridgehead atoms. The lowest BCUT2D eigenvalue weighted by molar-refractivity contribution is -0.384. The Hall–Kier alpha value is -3.82. The number of aromatic nitrogens is 1. The lowest BCUT2D eigenvalue weighted by Gasteiger charge is -2.13. The summed E-state index contributed by atoms with van der Waals surface area (Å²) in [5, 5.41) is 13.8. The fourth-order valence-electron chi connectivity index (χ4n) is 3.97. The van der Waals surface area contributed by atoms with E-state index in [4.69, 9.17) is 13.9 Å². The predicted octanol–water partition coefficient (Wildman–Crippen LogP) is 3.32. The summed E-state index contributed by atoms with van der Waals surface area (Å²) in [5.41, 5.74) is 2.40. The predicted molar refractivity (Wildman–Crippen MR) is 120 cm³/mol. The summed E-state index contributed by atoms with van der Waals surface area (Å²) >= 11 is 0. The van der Waals surface area contributed by atoms with E-state index < -0.39 is 10.7 Å². The van der Waals surface area contributed by atoms with Crippen LogP contribution < -0.4 is 20.5 Å². The van der Waals surface area contributed by atoms with E-state index in [0.717, 1.165) is 29.0 Å². The minimum absolute atomic E-state index is 0.118. The Labute approximate surface area is 189 Å². The first-order chi connectivity index (χ1) is 15.9. The number of fused-ring (bicyclic) bond motifs is 2. The average Bonchev–Trinajstić information content (AvgIpc) is 3.29. The number of amides is 1. The van der Waals surface area contributed by atoms with Gasteiger partial charge in [0, 0.05) is 43.1 Å². The highest BCUT2D eigenvalue weighted by Gasteiger charge is 2.22. The molecule has 33 heavy (non-hydrogen) atoms. The number of nitro groups is 1. The van der Waals surface area contributed by atoms with Crippen molar-refractivity contribution in [3.63, 3.8) is 0 Å². The van der Waals surface area contributed by atoms with Crippen LogP contribution in [0.1, 0.15) is 37.8 Å². The average molecular weight is 455 g/mol. The Morgan fingerprint density at radius 1 is 1.33 bits per heavy atom. The van der Waals surface area contributed by atoms with Crippen molar-refractivity contribution in [3.05, 3.63) is 62.1 Å². The molecule has 0 radical (unpaired) electrons. The maximum atomic E-state index is 12.4. The van der Waals surface area contributed by atoms with Crippen LogP contribution in [0.2, 0.25) is 0 Å². The second kappa shape index (κ2) is 9.35. The third kappa shape index (κ3) is 4.84. The summed E-state index contributed by atoms with van der Waals surface area (Å²) in [5.74, 6) is 0.782. The molecule has 10 nitrogen and oxygen atoms in total. The first-order valence-electron chi connectivity index (χ1n) is 10.9. The van der Waals surface area contributed by atoms with Crippen molar-refractivity contribution in [2.24, 2.45) is 0 Å². The van der Waals surface area contributed by atoms with Gasteiger partial charge in [0.05, 0.1) is 23.1 Å². The molecule has 0 fully saturated rings. The van der Waals surface area contributed by atoms with E-state index in [1.54, 1.807) is 0 Å². The lowest BCUT2D eigenvalue weighted by Crippen LogP contribution is -2.24. The van der Waals surface area contributed by atoms with Crippen molar-refractivity contribution in [1.29, 1.82) is 0 Å². The topological polar surface area (TPSA) is 126 Å². The van der Waals surface area contributed by atoms with Gasteiger partial charge in [-0.3, -0.25) is 19.5 Å². The summed E-state index contributed by atoms with van der Waals surface area (Å²) < 4.78 is 18.0. The number of nitro benzene ring substituents is 1. The zero-order valence-electron chi connectivity index (χ0n) is 18.5. The SMILES string of the molecule is CCOc1cc2c(cc1CNC(=O)CCCn1c(=O)oc3cc([N+](=O)[O-])ccc31)OC(C)C2. The van der Waals surface area contributed by atoms with Crippen LogP contribution in [0.5, 0.6) is 11.5 Å². The quantitative estimate of drug-likeness (QED) is 0.387. The molecule has 1 unspecified atom stereocenters. The van der Waals surface area contributed by atoms with Crippen molar-refractivity contribution in [3.8, 4) is 11.5 Å². The van der Waals surface area contributed by atoms with E-state index in [2.05, 4.69) is 5.32 Å². The fourth-order valence-corrected chi connectivity index (χ4v) is 3.97. The van der Waals surface area contributed by atoms with Gasteiger partial charge < -0.3 is 19.2 Å². The van der Waals surface area contributed by atoms with Crippen LogP contribution in [-0.2, 0) is 24.3 Å². The Morgan fingerprint density at radius 2 is 2.15 bits per heavy atom. The van der Waals surface area contributed by atoms with Gasteiger partial charge in [-0.1, -0.05) is 0 Å². The van der Waals surface area contributed by atoms with Gasteiger partial charge in [0.15, 0.2) is 5.58 Å². The smallest absolute Gasteiger partial charge is 0.419 e. The number of hydrogen-bond acceptors (Lipinski definition) is 7. The molecule has 2 heterocycles. The molecule has 1 N–H and O–H groups in total. The van der Waals surface area contributed by atoms with Crippen molar-refractivity contribution >= 4 is 22.7 Å². The Bertz CT molecular complexity index is 1260. The van der Waals surface area contributed by atoms with Crippen LogP contribution in [0.4, 0.5) is 5.69 Å². The van der Waals surface area contributed by atoms with Crippen molar-refractivity contribution in [2.75, 3.05) is 6.61 Å². The maximum Gasteiger partial charge on any atom is 0.419 e. The first-order valence-corrected chi connectivity index (χ1v) is 10.9. The van der Waals surface area contributed by atoms with Crippen LogP contribution in [0, 0.1) is 10.1 Å². The normalized spacial score (nSPS) is 14.7. The van der Waals surface area contributed by atoms with Crippen LogP contribution in [-0.4, -0.2) is 28.1 Å². The molecule has 3 aromatic rings. The molecule has 0 spiro atoms. The molecule has 10 heteroatoms. The van der Waals surface area contributed by atoms with E-state index in [0.29, 0.717) is 25.1 Å². The molecule has 0 aliphatic carbocycles. The number of ether oxygens (including phenoxy) is 2. The van der Waals surface area contributed by atoms with Crippen molar-refractivity contribution in [2.45, 2.75) is 52.3 Å². The number of carbonyl (C=O) groups excluding carboxylic acids is 1. The summed E-state index contributed by atoms with van der Waals surface area (Å²) in [6.45, 7) is 5.00. The number of hydrogen-bond donors (Lipinski definition) is 1. The van der Waals surface area contributed by atoms with Crippen molar-refractivity contribution in [1.82, 2.24) is 9.88 Å². The number of benzene rings is 2. The maximum absolute atomic E-state index is 12.4. The molecule has 4 rings (SSSR count). The molecule has 0 saturated carbocycles. The molecule has 2 aromatic carbocycles. The van der Waals surface area contributed by atoms with E-state index in [1.807, 2.05) is 26.0 Å². The van der Waals surface area contributed by atoms with Gasteiger partial charge >= 0.3 is 5.76 Å². The number of nitrogens with one attached hydrogen (secondary N) is 1. The second-order valence-corrected chi connectivity index (χ2v) is 7.94. The molecular weight excluding hydrogens is 430 g/mol. The minimum atomic E-state index is -0.611. The molecule has 174 valence electrons. The Balaban J connectivity index is 1.35. The van der Waals surface area contributed by atoms with E-state index in [9.17, 15) is 19.7 Å². The third-order valence-electron chi connectivity index (χ3n) is 5.50. The summed E-state index contributed by atoms with van der Waals surface area (Å²) in [4.78, 5) is 34.9. The summed E-state index contributed by atoms with van der Waals surface area (Å²) in [7, 11) is 0. The molecule has 1 aliphatic rings. The van der Waals surface area contributed by atoms with Gasteiger partial charge in [-0.15, -0.1) is 0 Å². The number of carbonyl (C=O) groups is 1. The van der Waals surface area contributed by atoms with Crippen molar-refractivity contribution < 1.29 is 23.6 Å². The number of nitrogens with zero attached hydrogens (tertiary/aromatic N) is 2. The molecule has 1 aromatic heterocycles. The van der Waals surface area contributed by atoms with Crippen LogP contribution >= 0.6 is 0 Å². The number of rotatable bonds is 9. The van der Waals surface area contributed by atoms with Gasteiger partial charge in [0.1, 0.15) is 17.6 Å². The highest BCUT2D eigenvalue weighted by molar-refractivity contribution is 5.77. The highest BCUT2D eigenvalue weighted by Crippen LogP contribution is 2.35. The van der Waals surface area contributed by atoms with Gasteiger partial charge in [-0.05, 0) is 38.5 Å². The first kappa shape index (κ1) is 22.4. The lowest BCUT2D eigenvalue weighted by atomic mass is 10.1. The number of aryl methyl sites for hydroxylation is 1. The second-order valence-electron chi connectivity index (χ2n) is 7.94. The zero-order chi connectivity index (χ0) is 23.5. The standard InChI is InChI=1S/C23H25N3O7/c1-3-31-19-10-15-9-14(2)32-20(15)11-16(19)13-24-22(27)5-4-8-25-18-7-6-17(26(29)30)12-21(18)33-23(25)28/h6-7,10-12,14H,3-5,8-9,13H2,1-2H3,(H,24,27). The third-order valence-corrected chi connectivity index (χ3v) is 5.50. The molecule has 1 aliphatic heterocycles. The fraction of sp³-hybridized carbons (Fsp3) is 0.391. The Kier molecular flexibility index (Phi) is 6.34. The van der Waals surface area contributed by atoms with E-state index in [1.165, 1.54) is 22.8 Å². The molecule has 0 saturated heterocycles. The highest BCUT2D eigenvalue weighted by atomic mass is 16.6. The zero-order valence-corrected chi connectivity index (χ0v) is 18.5. The minimum Gasteiger partial charge on any atom is -0.494 e. The van der Waals surface area contributed by atoms with Crippen LogP contribution in [0.15, 0.2) is 39.5 Å². The molecule has 1 atom stereocenters. The van der Waals surface area contributed by atoms with Crippen LogP contribution in [0.25, 0.3) is 11.1 Å². The number of oxazole rings is 1. The van der Waals surface area contributed by atoms with Gasteiger partial charge in [-0.25, -0.2) is 4.79 Å². The van der Waals surface area contributed by atoms with Crippen LogP contribution in [0.3, 0.4) is 0 Å². The van der Waals surface area contributed by atoms with Gasteiger partial charge in [-0.2, -0.15) is 0 Å².